The van der Waals surface area contributed by atoms with Crippen molar-refractivity contribution in [2.24, 2.45) is 0 Å². The molecule has 1 heterocycles. The van der Waals surface area contributed by atoms with Gasteiger partial charge in [0.25, 0.3) is 0 Å². The van der Waals surface area contributed by atoms with Crippen LogP contribution in [0.4, 0.5) is 0 Å². The minimum absolute atomic E-state index is 0.541. The van der Waals surface area contributed by atoms with Crippen LogP contribution < -0.4 is 4.74 Å². The van der Waals surface area contributed by atoms with Crippen molar-refractivity contribution in [1.29, 1.82) is 5.26 Å². The summed E-state index contributed by atoms with van der Waals surface area (Å²) in [7, 11) is 0. The van der Waals surface area contributed by atoms with Crippen LogP contribution in [0.1, 0.15) is 27.9 Å². The Labute approximate surface area is 157 Å². The monoisotopic (exact) mass is 361 g/mol. The Morgan fingerprint density at radius 3 is 2.65 bits per heavy atom. The fraction of sp³-hybridized carbons (Fsp3) is 0.190. The number of benzene rings is 2. The van der Waals surface area contributed by atoms with E-state index in [1.165, 1.54) is 17.3 Å². The maximum Gasteiger partial charge on any atom is 0.223 e. The van der Waals surface area contributed by atoms with Gasteiger partial charge in [0.2, 0.25) is 5.88 Å². The van der Waals surface area contributed by atoms with Gasteiger partial charge in [-0.1, -0.05) is 36.0 Å². The van der Waals surface area contributed by atoms with Crippen molar-refractivity contribution in [3.05, 3.63) is 76.5 Å². The third-order valence-electron chi connectivity index (χ3n) is 4.00. The summed E-state index contributed by atoms with van der Waals surface area (Å²) in [5.41, 5.74) is 4.86. The number of aryl methyl sites for hydroxylation is 2. The molecule has 2 aromatic carbocycles. The first-order valence-electron chi connectivity index (χ1n) is 8.27. The van der Waals surface area contributed by atoms with Gasteiger partial charge in [-0.25, -0.2) is 4.98 Å². The molecule has 0 aliphatic heterocycles. The Morgan fingerprint density at radius 2 is 1.85 bits per heavy atom. The van der Waals surface area contributed by atoms with Crippen LogP contribution in [-0.4, -0.2) is 9.97 Å². The van der Waals surface area contributed by atoms with Crippen LogP contribution in [0, 0.1) is 32.1 Å². The van der Waals surface area contributed by atoms with Gasteiger partial charge in [-0.15, -0.1) is 0 Å². The Morgan fingerprint density at radius 1 is 1.04 bits per heavy atom. The van der Waals surface area contributed by atoms with Crippen molar-refractivity contribution in [3.8, 4) is 17.7 Å². The van der Waals surface area contributed by atoms with E-state index in [4.69, 9.17) is 10.00 Å². The number of hydrogen-bond donors (Lipinski definition) is 0. The Hall–Kier alpha value is -2.84. The van der Waals surface area contributed by atoms with Crippen molar-refractivity contribution in [3.63, 3.8) is 0 Å². The predicted molar refractivity (Wildman–Crippen MR) is 103 cm³/mol. The average molecular weight is 361 g/mol. The van der Waals surface area contributed by atoms with Crippen molar-refractivity contribution >= 4 is 11.8 Å². The molecule has 0 saturated heterocycles. The lowest BCUT2D eigenvalue weighted by molar-refractivity contribution is 0.451. The molecule has 0 bridgehead atoms. The number of thioether (sulfide) groups is 1. The van der Waals surface area contributed by atoms with Gasteiger partial charge in [-0.3, -0.25) is 0 Å². The highest BCUT2D eigenvalue weighted by Gasteiger charge is 2.08. The second kappa shape index (κ2) is 8.03. The molecule has 0 radical (unpaired) electrons. The minimum Gasteiger partial charge on any atom is -0.439 e. The predicted octanol–water partition coefficient (Wildman–Crippen LogP) is 5.36. The summed E-state index contributed by atoms with van der Waals surface area (Å²) in [6, 6.07) is 17.5. The van der Waals surface area contributed by atoms with Crippen molar-refractivity contribution in [2.45, 2.75) is 31.7 Å². The standard InChI is InChI=1S/C21H19N3OS/c1-14-6-4-9-19(16(14)3)25-20-10-15(2)23-21(24-20)26-13-18-8-5-7-17(11-18)12-22/h4-11H,13H2,1-3H3. The Kier molecular flexibility index (Phi) is 5.55. The van der Waals surface area contributed by atoms with Crippen molar-refractivity contribution < 1.29 is 4.74 Å². The maximum absolute atomic E-state index is 9.00. The summed E-state index contributed by atoms with van der Waals surface area (Å²) in [5.74, 6) is 2.04. The van der Waals surface area contributed by atoms with E-state index in [9.17, 15) is 0 Å². The molecule has 0 spiro atoms. The van der Waals surface area contributed by atoms with Crippen LogP contribution in [0.3, 0.4) is 0 Å². The molecule has 3 aromatic rings. The molecular formula is C21H19N3OS. The quantitative estimate of drug-likeness (QED) is 0.452. The van der Waals surface area contributed by atoms with Gasteiger partial charge in [-0.2, -0.15) is 10.2 Å². The van der Waals surface area contributed by atoms with E-state index in [2.05, 4.69) is 29.0 Å². The first-order chi connectivity index (χ1) is 12.5. The Bertz CT molecular complexity index is 979. The minimum atomic E-state index is 0.541. The number of aromatic nitrogens is 2. The lowest BCUT2D eigenvalue weighted by atomic mass is 10.1. The van der Waals surface area contributed by atoms with E-state index < -0.39 is 0 Å². The summed E-state index contributed by atoms with van der Waals surface area (Å²) in [6.45, 7) is 6.03. The molecule has 0 aliphatic carbocycles. The molecule has 0 N–H and O–H groups in total. The lowest BCUT2D eigenvalue weighted by Crippen LogP contribution is -1.97. The van der Waals surface area contributed by atoms with Crippen LogP contribution in [0.5, 0.6) is 11.6 Å². The van der Waals surface area contributed by atoms with Gasteiger partial charge in [0, 0.05) is 17.5 Å². The largest absolute Gasteiger partial charge is 0.439 e. The first-order valence-corrected chi connectivity index (χ1v) is 9.25. The number of rotatable bonds is 5. The van der Waals surface area contributed by atoms with Gasteiger partial charge < -0.3 is 4.74 Å². The van der Waals surface area contributed by atoms with E-state index in [1.54, 1.807) is 6.07 Å². The van der Waals surface area contributed by atoms with Crippen molar-refractivity contribution in [2.75, 3.05) is 0 Å². The van der Waals surface area contributed by atoms with Crippen LogP contribution >= 0.6 is 11.8 Å². The summed E-state index contributed by atoms with van der Waals surface area (Å²) >= 11 is 1.53. The van der Waals surface area contributed by atoms with Gasteiger partial charge >= 0.3 is 0 Å². The van der Waals surface area contributed by atoms with E-state index in [-0.39, 0.29) is 0 Å². The number of nitriles is 1. The molecule has 3 rings (SSSR count). The van der Waals surface area contributed by atoms with Gasteiger partial charge in [-0.05, 0) is 55.7 Å². The van der Waals surface area contributed by atoms with E-state index in [1.807, 2.05) is 50.2 Å². The smallest absolute Gasteiger partial charge is 0.223 e. The molecule has 0 aliphatic rings. The first kappa shape index (κ1) is 18.0. The van der Waals surface area contributed by atoms with Crippen LogP contribution in [-0.2, 0) is 5.75 Å². The highest BCUT2D eigenvalue weighted by atomic mass is 32.2. The zero-order valence-electron chi connectivity index (χ0n) is 15.0. The van der Waals surface area contributed by atoms with E-state index in [0.717, 1.165) is 22.6 Å². The van der Waals surface area contributed by atoms with Crippen molar-refractivity contribution in [1.82, 2.24) is 9.97 Å². The summed E-state index contributed by atoms with van der Waals surface area (Å²) in [6.07, 6.45) is 0. The zero-order valence-corrected chi connectivity index (χ0v) is 15.8. The maximum atomic E-state index is 9.00. The normalized spacial score (nSPS) is 10.4. The molecule has 1 aromatic heterocycles. The van der Waals surface area contributed by atoms with E-state index in [0.29, 0.717) is 22.4 Å². The number of nitrogens with zero attached hydrogens (tertiary/aromatic N) is 3. The summed E-state index contributed by atoms with van der Waals surface area (Å²) < 4.78 is 5.99. The molecule has 0 saturated carbocycles. The van der Waals surface area contributed by atoms with Crippen LogP contribution in [0.25, 0.3) is 0 Å². The zero-order chi connectivity index (χ0) is 18.5. The second-order valence-electron chi connectivity index (χ2n) is 6.03. The van der Waals surface area contributed by atoms with Gasteiger partial charge in [0.15, 0.2) is 5.16 Å². The fourth-order valence-electron chi connectivity index (χ4n) is 2.46. The number of hydrogen-bond acceptors (Lipinski definition) is 5. The average Bonchev–Trinajstić information content (AvgIpc) is 2.63. The molecule has 4 nitrogen and oxygen atoms in total. The van der Waals surface area contributed by atoms with E-state index >= 15 is 0 Å². The van der Waals surface area contributed by atoms with Crippen LogP contribution in [0.15, 0.2) is 53.7 Å². The third-order valence-corrected chi connectivity index (χ3v) is 4.92. The number of ether oxygens (including phenoxy) is 1. The molecule has 0 unspecified atom stereocenters. The lowest BCUT2D eigenvalue weighted by Gasteiger charge is -2.11. The van der Waals surface area contributed by atoms with Gasteiger partial charge in [0.1, 0.15) is 5.75 Å². The SMILES string of the molecule is Cc1cc(Oc2cccc(C)c2C)nc(SCc2cccc(C#N)c2)n1. The molecule has 0 fully saturated rings. The molecule has 5 heteroatoms. The second-order valence-corrected chi connectivity index (χ2v) is 6.97. The molecule has 0 atom stereocenters. The highest BCUT2D eigenvalue weighted by molar-refractivity contribution is 7.98. The Balaban J connectivity index is 1.77. The summed E-state index contributed by atoms with van der Waals surface area (Å²) in [4.78, 5) is 9.00. The fourth-order valence-corrected chi connectivity index (χ4v) is 3.29. The highest BCUT2D eigenvalue weighted by Crippen LogP contribution is 2.28. The summed E-state index contributed by atoms with van der Waals surface area (Å²) in [5, 5.41) is 9.66. The van der Waals surface area contributed by atoms with Gasteiger partial charge in [0.05, 0.1) is 11.6 Å². The third kappa shape index (κ3) is 4.41. The topological polar surface area (TPSA) is 58.8 Å². The molecule has 130 valence electrons. The molecule has 26 heavy (non-hydrogen) atoms. The molecular weight excluding hydrogens is 342 g/mol. The molecule has 0 amide bonds. The van der Waals surface area contributed by atoms with Crippen LogP contribution in [0.2, 0.25) is 0 Å².